The Labute approximate surface area is 147 Å². The van der Waals surface area contributed by atoms with Crippen molar-refractivity contribution in [3.63, 3.8) is 0 Å². The van der Waals surface area contributed by atoms with Crippen molar-refractivity contribution in [2.24, 2.45) is 0 Å². The molecule has 1 aromatic rings. The fraction of sp³-hybridized carbons (Fsp3) is 0.421. The summed E-state index contributed by atoms with van der Waals surface area (Å²) in [6.45, 7) is 7.78. The van der Waals surface area contributed by atoms with Crippen LogP contribution in [0.5, 0.6) is 0 Å². The zero-order valence-electron chi connectivity index (χ0n) is 14.7. The van der Waals surface area contributed by atoms with Crippen molar-refractivity contribution in [3.8, 4) is 12.3 Å². The lowest BCUT2D eigenvalue weighted by Crippen LogP contribution is -2.35. The van der Waals surface area contributed by atoms with Crippen molar-refractivity contribution >= 4 is 23.0 Å². The minimum Gasteiger partial charge on any atom is -0.463 e. The van der Waals surface area contributed by atoms with Crippen LogP contribution >= 0.6 is 0 Å². The highest BCUT2D eigenvalue weighted by Crippen LogP contribution is 2.24. The Kier molecular flexibility index (Phi) is 7.90. The van der Waals surface area contributed by atoms with Gasteiger partial charge in [-0.05, 0) is 44.9 Å². The molecule has 24 heavy (non-hydrogen) atoms. The van der Waals surface area contributed by atoms with Gasteiger partial charge in [-0.25, -0.2) is 13.7 Å². The van der Waals surface area contributed by atoms with Gasteiger partial charge in [-0.15, -0.1) is 12.3 Å². The summed E-state index contributed by atoms with van der Waals surface area (Å²) in [4.78, 5) is 11.5. The molecule has 2 atom stereocenters. The molecule has 0 aliphatic heterocycles. The molecule has 1 unspecified atom stereocenters. The van der Waals surface area contributed by atoms with Crippen LogP contribution in [0.4, 0.5) is 0 Å². The number of nitrogens with one attached hydrogen (secondary N) is 1. The Bertz CT molecular complexity index is 653. The second-order valence-corrected chi connectivity index (χ2v) is 8.17. The maximum absolute atomic E-state index is 12.4. The molecule has 0 saturated carbocycles. The zero-order valence-corrected chi connectivity index (χ0v) is 15.5. The average molecular weight is 347 g/mol. The van der Waals surface area contributed by atoms with E-state index < -0.39 is 21.7 Å². The second-order valence-electron chi connectivity index (χ2n) is 6.17. The quantitative estimate of drug-likeness (QED) is 0.467. The molecular formula is C19H25NO3S. The van der Waals surface area contributed by atoms with E-state index in [-0.39, 0.29) is 6.04 Å². The highest BCUT2D eigenvalue weighted by molar-refractivity contribution is 7.84. The maximum atomic E-state index is 12.4. The summed E-state index contributed by atoms with van der Waals surface area (Å²) in [5, 5.41) is 0. The molecule has 1 aromatic carbocycles. The van der Waals surface area contributed by atoms with Gasteiger partial charge in [0, 0.05) is 12.5 Å². The number of hydrogen-bond acceptors (Lipinski definition) is 3. The summed E-state index contributed by atoms with van der Waals surface area (Å²) < 4.78 is 20.0. The molecule has 0 saturated heterocycles. The van der Waals surface area contributed by atoms with Crippen LogP contribution < -0.4 is 4.72 Å². The SMILES string of the molecule is C#CC[C@H](NS(=O)C(C)(C)C)c1ccccc1/C=C/C(=O)OCC. The smallest absolute Gasteiger partial charge is 0.330 e. The summed E-state index contributed by atoms with van der Waals surface area (Å²) in [6, 6.07) is 7.30. The van der Waals surface area contributed by atoms with Gasteiger partial charge in [-0.1, -0.05) is 24.3 Å². The fourth-order valence-corrected chi connectivity index (χ4v) is 2.79. The van der Waals surface area contributed by atoms with Crippen molar-refractivity contribution < 1.29 is 13.7 Å². The van der Waals surface area contributed by atoms with Crippen LogP contribution in [0.2, 0.25) is 0 Å². The summed E-state index contributed by atoms with van der Waals surface area (Å²) in [5.41, 5.74) is 1.73. The molecule has 1 N–H and O–H groups in total. The third kappa shape index (κ3) is 6.31. The van der Waals surface area contributed by atoms with E-state index >= 15 is 0 Å². The number of hydrogen-bond donors (Lipinski definition) is 1. The molecule has 0 spiro atoms. The zero-order chi connectivity index (χ0) is 18.2. The average Bonchev–Trinajstić information content (AvgIpc) is 2.52. The molecule has 0 amide bonds. The van der Waals surface area contributed by atoms with Crippen LogP contribution in [0.15, 0.2) is 30.3 Å². The van der Waals surface area contributed by atoms with Gasteiger partial charge in [-0.2, -0.15) is 0 Å². The topological polar surface area (TPSA) is 55.4 Å². The van der Waals surface area contributed by atoms with Crippen LogP contribution in [0.25, 0.3) is 6.08 Å². The molecule has 0 aliphatic carbocycles. The Morgan fingerprint density at radius 2 is 2.08 bits per heavy atom. The fourth-order valence-electron chi connectivity index (χ4n) is 1.97. The lowest BCUT2D eigenvalue weighted by atomic mass is 9.98. The van der Waals surface area contributed by atoms with Gasteiger partial charge in [0.2, 0.25) is 0 Å². The minimum absolute atomic E-state index is 0.266. The molecule has 4 nitrogen and oxygen atoms in total. The predicted octanol–water partition coefficient (Wildman–Crippen LogP) is 3.38. The Morgan fingerprint density at radius 3 is 2.67 bits per heavy atom. The molecule has 0 radical (unpaired) electrons. The number of carbonyl (C=O) groups excluding carboxylic acids is 1. The van der Waals surface area contributed by atoms with Gasteiger partial charge >= 0.3 is 5.97 Å². The van der Waals surface area contributed by atoms with Crippen molar-refractivity contribution in [2.45, 2.75) is 44.9 Å². The molecule has 130 valence electrons. The van der Waals surface area contributed by atoms with E-state index in [0.717, 1.165) is 11.1 Å². The monoisotopic (exact) mass is 347 g/mol. The highest BCUT2D eigenvalue weighted by Gasteiger charge is 2.24. The third-order valence-electron chi connectivity index (χ3n) is 3.18. The van der Waals surface area contributed by atoms with Crippen LogP contribution in [0.1, 0.15) is 51.3 Å². The van der Waals surface area contributed by atoms with E-state index in [4.69, 9.17) is 11.2 Å². The first-order valence-electron chi connectivity index (χ1n) is 7.84. The molecule has 0 fully saturated rings. The van der Waals surface area contributed by atoms with Gasteiger partial charge < -0.3 is 4.74 Å². The van der Waals surface area contributed by atoms with E-state index in [1.807, 2.05) is 45.0 Å². The molecule has 0 aromatic heterocycles. The van der Waals surface area contributed by atoms with E-state index in [9.17, 15) is 9.00 Å². The first-order valence-corrected chi connectivity index (χ1v) is 8.99. The van der Waals surface area contributed by atoms with Crippen molar-refractivity contribution in [3.05, 3.63) is 41.5 Å². The van der Waals surface area contributed by atoms with E-state index in [2.05, 4.69) is 10.6 Å². The maximum Gasteiger partial charge on any atom is 0.330 e. The van der Waals surface area contributed by atoms with Crippen molar-refractivity contribution in [1.82, 2.24) is 4.72 Å². The third-order valence-corrected chi connectivity index (χ3v) is 4.80. The van der Waals surface area contributed by atoms with Crippen LogP contribution in [-0.2, 0) is 20.5 Å². The molecule has 0 aliphatic rings. The standard InChI is InChI=1S/C19H25NO3S/c1-6-10-17(20-24(22)19(3,4)5)16-12-9-8-11-15(16)13-14-18(21)23-7-2/h1,8-9,11-14,17,20H,7,10H2,2-5H3/b14-13+/t17-,24?/m0/s1. The summed E-state index contributed by atoms with van der Waals surface area (Å²) >= 11 is 0. The summed E-state index contributed by atoms with van der Waals surface area (Å²) in [5.74, 6) is 2.23. The number of carbonyl (C=O) groups is 1. The lowest BCUT2D eigenvalue weighted by Gasteiger charge is -2.24. The van der Waals surface area contributed by atoms with Crippen molar-refractivity contribution in [1.29, 1.82) is 0 Å². The van der Waals surface area contributed by atoms with Crippen LogP contribution in [0.3, 0.4) is 0 Å². The number of ether oxygens (including phenoxy) is 1. The summed E-state index contributed by atoms with van der Waals surface area (Å²) in [6.07, 6.45) is 8.96. The first kappa shape index (κ1) is 20.1. The Morgan fingerprint density at radius 1 is 1.42 bits per heavy atom. The molecule has 0 heterocycles. The van der Waals surface area contributed by atoms with E-state index in [0.29, 0.717) is 13.0 Å². The molecular weight excluding hydrogens is 322 g/mol. The predicted molar refractivity (Wildman–Crippen MR) is 99.3 cm³/mol. The van der Waals surface area contributed by atoms with Crippen LogP contribution in [0, 0.1) is 12.3 Å². The van der Waals surface area contributed by atoms with Gasteiger partial charge in [0.25, 0.3) is 0 Å². The van der Waals surface area contributed by atoms with Gasteiger partial charge in [0.15, 0.2) is 0 Å². The Balaban J connectivity index is 3.09. The normalized spacial score (nSPS) is 14.1. The van der Waals surface area contributed by atoms with E-state index in [1.165, 1.54) is 6.08 Å². The van der Waals surface area contributed by atoms with Gasteiger partial charge in [0.05, 0.1) is 28.4 Å². The number of esters is 1. The Hall–Kier alpha value is -1.90. The lowest BCUT2D eigenvalue weighted by molar-refractivity contribution is -0.137. The number of rotatable bonds is 7. The van der Waals surface area contributed by atoms with Crippen LogP contribution in [-0.4, -0.2) is 21.5 Å². The number of benzene rings is 1. The molecule has 5 heteroatoms. The minimum atomic E-state index is -1.25. The second kappa shape index (κ2) is 9.41. The highest BCUT2D eigenvalue weighted by atomic mass is 32.2. The van der Waals surface area contributed by atoms with E-state index in [1.54, 1.807) is 13.0 Å². The molecule has 0 bridgehead atoms. The van der Waals surface area contributed by atoms with Gasteiger partial charge in [-0.3, -0.25) is 0 Å². The van der Waals surface area contributed by atoms with Crippen molar-refractivity contribution in [2.75, 3.05) is 6.61 Å². The number of terminal acetylenes is 1. The summed E-state index contributed by atoms with van der Waals surface area (Å²) in [7, 11) is -1.25. The largest absolute Gasteiger partial charge is 0.463 e. The van der Waals surface area contributed by atoms with Gasteiger partial charge in [0.1, 0.15) is 0 Å². The molecule has 1 rings (SSSR count). The first-order chi connectivity index (χ1) is 11.3.